The SMILES string of the molecule is CC1CCc2c(sc3nc(SCC(=O)N(C)C4CCS(=O)(=O)C4)n(-c4ccccc4F)c(=O)c23)C1. The first-order valence-electron chi connectivity index (χ1n) is 11.6. The zero-order valence-electron chi connectivity index (χ0n) is 19.5. The number of sulfone groups is 1. The van der Waals surface area contributed by atoms with Gasteiger partial charge in [-0.3, -0.25) is 14.2 Å². The van der Waals surface area contributed by atoms with Crippen LogP contribution in [0.25, 0.3) is 15.9 Å². The summed E-state index contributed by atoms with van der Waals surface area (Å²) in [5.41, 5.74) is 0.791. The average molecular weight is 536 g/mol. The predicted octanol–water partition coefficient (Wildman–Crippen LogP) is 3.45. The Morgan fingerprint density at radius 3 is 2.80 bits per heavy atom. The van der Waals surface area contributed by atoms with E-state index in [1.54, 1.807) is 19.2 Å². The molecule has 0 spiro atoms. The summed E-state index contributed by atoms with van der Waals surface area (Å²) in [6.45, 7) is 2.19. The summed E-state index contributed by atoms with van der Waals surface area (Å²) in [7, 11) is -1.52. The summed E-state index contributed by atoms with van der Waals surface area (Å²) in [6, 6.07) is 5.69. The number of rotatable bonds is 5. The number of fused-ring (bicyclic) bond motifs is 3. The molecule has 7 nitrogen and oxygen atoms in total. The highest BCUT2D eigenvalue weighted by Gasteiger charge is 2.33. The van der Waals surface area contributed by atoms with Gasteiger partial charge in [-0.05, 0) is 49.3 Å². The maximum absolute atomic E-state index is 14.8. The third-order valence-corrected chi connectivity index (χ3v) is 10.7. The number of amides is 1. The summed E-state index contributed by atoms with van der Waals surface area (Å²) in [5.74, 6) is -0.272. The third-order valence-electron chi connectivity index (χ3n) is 6.87. The van der Waals surface area contributed by atoms with E-state index >= 15 is 0 Å². The molecule has 1 saturated heterocycles. The topological polar surface area (TPSA) is 89.3 Å². The zero-order valence-corrected chi connectivity index (χ0v) is 21.9. The number of nitrogens with zero attached hydrogens (tertiary/aromatic N) is 3. The van der Waals surface area contributed by atoms with Crippen molar-refractivity contribution < 1.29 is 17.6 Å². The Kier molecular flexibility index (Phi) is 6.52. The van der Waals surface area contributed by atoms with Crippen LogP contribution in [-0.4, -0.2) is 59.1 Å². The highest BCUT2D eigenvalue weighted by molar-refractivity contribution is 7.99. The van der Waals surface area contributed by atoms with Crippen LogP contribution in [0.2, 0.25) is 0 Å². The van der Waals surface area contributed by atoms with Gasteiger partial charge in [0.15, 0.2) is 15.0 Å². The molecular weight excluding hydrogens is 509 g/mol. The number of carbonyl (C=O) groups excluding carboxylic acids is 1. The molecule has 1 amide bonds. The lowest BCUT2D eigenvalue weighted by atomic mass is 9.89. The van der Waals surface area contributed by atoms with Crippen LogP contribution in [0.15, 0.2) is 34.2 Å². The summed E-state index contributed by atoms with van der Waals surface area (Å²) in [5, 5.41) is 0.796. The molecular formula is C24H26FN3O4S3. The monoisotopic (exact) mass is 535 g/mol. The van der Waals surface area contributed by atoms with Crippen LogP contribution in [0.5, 0.6) is 0 Å². The molecule has 3 heterocycles. The van der Waals surface area contributed by atoms with E-state index in [2.05, 4.69) is 6.92 Å². The molecule has 2 atom stereocenters. The van der Waals surface area contributed by atoms with Crippen molar-refractivity contribution in [3.63, 3.8) is 0 Å². The van der Waals surface area contributed by atoms with Crippen molar-refractivity contribution in [2.45, 2.75) is 43.8 Å². The van der Waals surface area contributed by atoms with Gasteiger partial charge in [0.05, 0.1) is 28.3 Å². The molecule has 1 aliphatic heterocycles. The highest BCUT2D eigenvalue weighted by Crippen LogP contribution is 2.37. The maximum atomic E-state index is 14.8. The molecule has 0 radical (unpaired) electrons. The van der Waals surface area contributed by atoms with Crippen molar-refractivity contribution in [3.05, 3.63) is 50.9 Å². The van der Waals surface area contributed by atoms with Crippen molar-refractivity contribution in [1.82, 2.24) is 14.5 Å². The predicted molar refractivity (Wildman–Crippen MR) is 137 cm³/mol. The molecule has 1 aromatic carbocycles. The first kappa shape index (κ1) is 24.5. The van der Waals surface area contributed by atoms with Crippen LogP contribution < -0.4 is 5.56 Å². The third kappa shape index (κ3) is 4.65. The molecule has 5 rings (SSSR count). The molecule has 35 heavy (non-hydrogen) atoms. The summed E-state index contributed by atoms with van der Waals surface area (Å²) >= 11 is 2.58. The number of aryl methyl sites for hydroxylation is 1. The Hall–Kier alpha value is -2.24. The number of para-hydroxylation sites is 1. The molecule has 11 heteroatoms. The number of hydrogen-bond acceptors (Lipinski definition) is 7. The highest BCUT2D eigenvalue weighted by atomic mass is 32.2. The first-order valence-corrected chi connectivity index (χ1v) is 15.2. The van der Waals surface area contributed by atoms with E-state index in [0.717, 1.165) is 41.5 Å². The van der Waals surface area contributed by atoms with Gasteiger partial charge in [0, 0.05) is 18.0 Å². The summed E-state index contributed by atoms with van der Waals surface area (Å²) in [6.07, 6.45) is 3.10. The summed E-state index contributed by atoms with van der Waals surface area (Å²) < 4.78 is 39.7. The van der Waals surface area contributed by atoms with Gasteiger partial charge in [0.25, 0.3) is 5.56 Å². The number of benzene rings is 1. The van der Waals surface area contributed by atoms with Gasteiger partial charge in [-0.2, -0.15) is 0 Å². The first-order chi connectivity index (χ1) is 16.6. The van der Waals surface area contributed by atoms with Gasteiger partial charge in [0.1, 0.15) is 10.6 Å². The normalized spacial score (nSPS) is 21.2. The molecule has 2 aromatic heterocycles. The number of halogens is 1. The van der Waals surface area contributed by atoms with Crippen LogP contribution in [0.3, 0.4) is 0 Å². The van der Waals surface area contributed by atoms with Gasteiger partial charge in [0.2, 0.25) is 5.91 Å². The number of thioether (sulfide) groups is 1. The lowest BCUT2D eigenvalue weighted by Gasteiger charge is -2.23. The van der Waals surface area contributed by atoms with Gasteiger partial charge >= 0.3 is 0 Å². The lowest BCUT2D eigenvalue weighted by molar-refractivity contribution is -0.128. The Morgan fingerprint density at radius 2 is 2.09 bits per heavy atom. The fourth-order valence-corrected chi connectivity index (χ4v) is 8.95. The fraction of sp³-hybridized carbons (Fsp3) is 0.458. The number of carbonyl (C=O) groups is 1. The number of aromatic nitrogens is 2. The van der Waals surface area contributed by atoms with E-state index < -0.39 is 15.7 Å². The smallest absolute Gasteiger partial charge is 0.267 e. The molecule has 1 fully saturated rings. The van der Waals surface area contributed by atoms with Crippen molar-refractivity contribution in [2.75, 3.05) is 24.3 Å². The summed E-state index contributed by atoms with van der Waals surface area (Å²) in [4.78, 5) is 34.6. The lowest BCUT2D eigenvalue weighted by Crippen LogP contribution is -2.39. The van der Waals surface area contributed by atoms with Crippen LogP contribution in [-0.2, 0) is 27.5 Å². The van der Waals surface area contributed by atoms with Crippen LogP contribution >= 0.6 is 23.1 Å². The average Bonchev–Trinajstić information content (AvgIpc) is 3.36. The van der Waals surface area contributed by atoms with Gasteiger partial charge in [-0.15, -0.1) is 11.3 Å². The molecule has 0 bridgehead atoms. The molecule has 186 valence electrons. The van der Waals surface area contributed by atoms with Crippen LogP contribution in [0, 0.1) is 11.7 Å². The molecule has 3 aromatic rings. The Morgan fingerprint density at radius 1 is 1.31 bits per heavy atom. The van der Waals surface area contributed by atoms with E-state index in [9.17, 15) is 22.4 Å². The zero-order chi connectivity index (χ0) is 24.9. The van der Waals surface area contributed by atoms with E-state index in [4.69, 9.17) is 4.98 Å². The Bertz CT molecular complexity index is 1480. The van der Waals surface area contributed by atoms with E-state index in [1.165, 1.54) is 32.9 Å². The minimum atomic E-state index is -3.12. The van der Waals surface area contributed by atoms with Gasteiger partial charge in [-0.1, -0.05) is 30.8 Å². The second-order valence-electron chi connectivity index (χ2n) is 9.37. The molecule has 0 saturated carbocycles. The molecule has 2 aliphatic rings. The Labute approximate surface area is 211 Å². The van der Waals surface area contributed by atoms with Crippen molar-refractivity contribution in [3.8, 4) is 5.69 Å². The maximum Gasteiger partial charge on any atom is 0.267 e. The quantitative estimate of drug-likeness (QED) is 0.367. The van der Waals surface area contributed by atoms with Gasteiger partial charge in [-0.25, -0.2) is 17.8 Å². The molecule has 2 unspecified atom stereocenters. The second kappa shape index (κ2) is 9.33. The van der Waals surface area contributed by atoms with Crippen molar-refractivity contribution >= 4 is 49.1 Å². The second-order valence-corrected chi connectivity index (χ2v) is 13.6. The van der Waals surface area contributed by atoms with E-state index in [0.29, 0.717) is 22.6 Å². The Balaban J connectivity index is 1.53. The van der Waals surface area contributed by atoms with Crippen molar-refractivity contribution in [1.29, 1.82) is 0 Å². The minimum absolute atomic E-state index is 0.0385. The standard InChI is InChI=1S/C24H26FN3O4S3/c1-14-7-8-16-19(11-14)34-22-21(16)23(30)28(18-6-4-3-5-17(18)25)24(26-22)33-12-20(29)27(2)15-9-10-35(31,32)13-15/h3-6,14-15H,7-13H2,1-2H3. The van der Waals surface area contributed by atoms with Crippen LogP contribution in [0.4, 0.5) is 4.39 Å². The molecule has 0 N–H and O–H groups in total. The van der Waals surface area contributed by atoms with E-state index in [1.807, 2.05) is 0 Å². The number of hydrogen-bond donors (Lipinski definition) is 0. The fourth-order valence-electron chi connectivity index (χ4n) is 4.83. The van der Waals surface area contributed by atoms with Crippen LogP contribution in [0.1, 0.15) is 30.2 Å². The number of thiophene rings is 1. The molecule has 1 aliphatic carbocycles. The van der Waals surface area contributed by atoms with E-state index in [-0.39, 0.29) is 45.6 Å². The van der Waals surface area contributed by atoms with Crippen molar-refractivity contribution in [2.24, 2.45) is 5.92 Å². The largest absolute Gasteiger partial charge is 0.341 e. The minimum Gasteiger partial charge on any atom is -0.341 e. The van der Waals surface area contributed by atoms with Gasteiger partial charge < -0.3 is 4.90 Å².